The standard InChI is InChI=1S/C19H18N2O/c22-19-16(13-20-17-9-2-1-3-10-17)12-15-7-4-6-14-8-5-11-21(19)18(14)15/h1-4,6-7,9-10,12,20H,5,8,11,13H2. The van der Waals surface area contributed by atoms with E-state index in [0.717, 1.165) is 36.2 Å². The van der Waals surface area contributed by atoms with Gasteiger partial charge in [0.15, 0.2) is 0 Å². The lowest BCUT2D eigenvalue weighted by molar-refractivity contribution is 0.612. The molecule has 22 heavy (non-hydrogen) atoms. The van der Waals surface area contributed by atoms with Gasteiger partial charge in [-0.1, -0.05) is 36.4 Å². The molecule has 1 N–H and O–H groups in total. The molecule has 3 heteroatoms. The van der Waals surface area contributed by atoms with Gasteiger partial charge in [-0.15, -0.1) is 0 Å². The van der Waals surface area contributed by atoms with E-state index in [1.807, 2.05) is 41.0 Å². The van der Waals surface area contributed by atoms with Crippen molar-refractivity contribution in [3.05, 3.63) is 76.1 Å². The molecular weight excluding hydrogens is 272 g/mol. The average molecular weight is 290 g/mol. The first-order valence-corrected chi connectivity index (χ1v) is 7.76. The molecule has 2 heterocycles. The monoisotopic (exact) mass is 290 g/mol. The quantitative estimate of drug-likeness (QED) is 0.800. The number of benzene rings is 2. The van der Waals surface area contributed by atoms with Gasteiger partial charge in [-0.25, -0.2) is 0 Å². The first-order chi connectivity index (χ1) is 10.8. The van der Waals surface area contributed by atoms with Crippen molar-refractivity contribution in [3.63, 3.8) is 0 Å². The number of hydrogen-bond donors (Lipinski definition) is 1. The largest absolute Gasteiger partial charge is 0.381 e. The molecule has 1 aliphatic heterocycles. The molecular formula is C19H18N2O. The fourth-order valence-corrected chi connectivity index (χ4v) is 3.30. The Morgan fingerprint density at radius 1 is 1.05 bits per heavy atom. The van der Waals surface area contributed by atoms with E-state index in [0.29, 0.717) is 6.54 Å². The van der Waals surface area contributed by atoms with E-state index >= 15 is 0 Å². The molecule has 0 saturated heterocycles. The average Bonchev–Trinajstić information content (AvgIpc) is 2.58. The Bertz CT molecular complexity index is 881. The van der Waals surface area contributed by atoms with Crippen molar-refractivity contribution in [3.8, 4) is 0 Å². The number of para-hydroxylation sites is 2. The van der Waals surface area contributed by atoms with Crippen molar-refractivity contribution in [2.45, 2.75) is 25.9 Å². The summed E-state index contributed by atoms with van der Waals surface area (Å²) in [6, 6.07) is 18.4. The van der Waals surface area contributed by atoms with E-state index in [-0.39, 0.29) is 5.56 Å². The van der Waals surface area contributed by atoms with Crippen LogP contribution in [0.15, 0.2) is 59.4 Å². The third-order valence-corrected chi connectivity index (χ3v) is 4.35. The fraction of sp³-hybridized carbons (Fsp3) is 0.211. The highest BCUT2D eigenvalue weighted by Gasteiger charge is 2.15. The first kappa shape index (κ1) is 13.1. The Hall–Kier alpha value is -2.55. The zero-order valence-electron chi connectivity index (χ0n) is 12.4. The van der Waals surface area contributed by atoms with Crippen LogP contribution in [0.1, 0.15) is 17.5 Å². The second kappa shape index (κ2) is 5.34. The minimum atomic E-state index is 0.142. The predicted molar refractivity (Wildman–Crippen MR) is 90.3 cm³/mol. The van der Waals surface area contributed by atoms with Gasteiger partial charge >= 0.3 is 0 Å². The summed E-state index contributed by atoms with van der Waals surface area (Å²) in [5, 5.41) is 4.51. The highest BCUT2D eigenvalue weighted by atomic mass is 16.1. The van der Waals surface area contributed by atoms with Crippen LogP contribution in [0.5, 0.6) is 0 Å². The van der Waals surface area contributed by atoms with Crippen molar-refractivity contribution >= 4 is 16.6 Å². The van der Waals surface area contributed by atoms with Crippen LogP contribution in [0.25, 0.3) is 10.9 Å². The van der Waals surface area contributed by atoms with Crippen molar-refractivity contribution in [2.24, 2.45) is 0 Å². The summed E-state index contributed by atoms with van der Waals surface area (Å²) in [6.45, 7) is 1.38. The molecule has 0 atom stereocenters. The third kappa shape index (κ3) is 2.19. The van der Waals surface area contributed by atoms with Crippen LogP contribution in [0, 0.1) is 0 Å². The molecule has 3 nitrogen and oxygen atoms in total. The smallest absolute Gasteiger partial charge is 0.256 e. The van der Waals surface area contributed by atoms with Gasteiger partial charge in [-0.3, -0.25) is 4.79 Å². The summed E-state index contributed by atoms with van der Waals surface area (Å²) in [5.74, 6) is 0. The molecule has 0 aliphatic carbocycles. The maximum Gasteiger partial charge on any atom is 0.256 e. The van der Waals surface area contributed by atoms with Gasteiger partial charge in [-0.05, 0) is 42.0 Å². The second-order valence-corrected chi connectivity index (χ2v) is 5.80. The van der Waals surface area contributed by atoms with Gasteiger partial charge in [0.05, 0.1) is 5.52 Å². The molecule has 0 spiro atoms. The van der Waals surface area contributed by atoms with E-state index < -0.39 is 0 Å². The SMILES string of the molecule is O=c1c(CNc2ccccc2)cc2cccc3c2n1CCC3. The zero-order chi connectivity index (χ0) is 14.9. The highest BCUT2D eigenvalue weighted by Crippen LogP contribution is 2.24. The van der Waals surface area contributed by atoms with E-state index in [1.54, 1.807) is 0 Å². The van der Waals surface area contributed by atoms with Crippen LogP contribution in [0.4, 0.5) is 5.69 Å². The van der Waals surface area contributed by atoms with E-state index in [2.05, 4.69) is 23.5 Å². The molecule has 110 valence electrons. The van der Waals surface area contributed by atoms with Crippen LogP contribution in [-0.4, -0.2) is 4.57 Å². The Morgan fingerprint density at radius 2 is 1.91 bits per heavy atom. The Kier molecular flexibility index (Phi) is 3.19. The summed E-state index contributed by atoms with van der Waals surface area (Å²) in [4.78, 5) is 12.7. The molecule has 2 aromatic carbocycles. The van der Waals surface area contributed by atoms with Crippen molar-refractivity contribution in [2.75, 3.05) is 5.32 Å². The summed E-state index contributed by atoms with van der Waals surface area (Å²) >= 11 is 0. The Morgan fingerprint density at radius 3 is 2.77 bits per heavy atom. The van der Waals surface area contributed by atoms with Crippen molar-refractivity contribution in [1.82, 2.24) is 4.57 Å². The van der Waals surface area contributed by atoms with Gasteiger partial charge < -0.3 is 9.88 Å². The van der Waals surface area contributed by atoms with Crippen LogP contribution >= 0.6 is 0 Å². The Labute approximate surface area is 129 Å². The van der Waals surface area contributed by atoms with Crippen molar-refractivity contribution in [1.29, 1.82) is 0 Å². The topological polar surface area (TPSA) is 34.0 Å². The summed E-state index contributed by atoms with van der Waals surface area (Å²) < 4.78 is 1.95. The number of nitrogens with one attached hydrogen (secondary N) is 1. The number of anilines is 1. The second-order valence-electron chi connectivity index (χ2n) is 5.80. The summed E-state index contributed by atoms with van der Waals surface area (Å²) in [5.41, 5.74) is 4.43. The zero-order valence-corrected chi connectivity index (χ0v) is 12.4. The lowest BCUT2D eigenvalue weighted by Gasteiger charge is -2.20. The normalized spacial score (nSPS) is 13.3. The fourth-order valence-electron chi connectivity index (χ4n) is 3.30. The predicted octanol–water partition coefficient (Wildman–Crippen LogP) is 3.56. The minimum absolute atomic E-state index is 0.142. The molecule has 0 radical (unpaired) electrons. The van der Waals surface area contributed by atoms with Gasteiger partial charge in [0.25, 0.3) is 5.56 Å². The van der Waals surface area contributed by atoms with Crippen LogP contribution < -0.4 is 10.9 Å². The van der Waals surface area contributed by atoms with Gasteiger partial charge in [0.2, 0.25) is 0 Å². The molecule has 0 fully saturated rings. The molecule has 0 saturated carbocycles. The first-order valence-electron chi connectivity index (χ1n) is 7.76. The number of aromatic nitrogens is 1. The lowest BCUT2D eigenvalue weighted by atomic mass is 10.00. The van der Waals surface area contributed by atoms with E-state index in [4.69, 9.17) is 0 Å². The molecule has 0 bridgehead atoms. The minimum Gasteiger partial charge on any atom is -0.381 e. The van der Waals surface area contributed by atoms with Crippen LogP contribution in [-0.2, 0) is 19.5 Å². The molecule has 0 unspecified atom stereocenters. The molecule has 4 rings (SSSR count). The van der Waals surface area contributed by atoms with Gasteiger partial charge in [0, 0.05) is 24.3 Å². The number of rotatable bonds is 3. The summed E-state index contributed by atoms with van der Waals surface area (Å²) in [6.07, 6.45) is 2.11. The van der Waals surface area contributed by atoms with Crippen LogP contribution in [0.2, 0.25) is 0 Å². The van der Waals surface area contributed by atoms with E-state index in [1.165, 1.54) is 10.9 Å². The van der Waals surface area contributed by atoms with Crippen molar-refractivity contribution < 1.29 is 0 Å². The van der Waals surface area contributed by atoms with Gasteiger partial charge in [-0.2, -0.15) is 0 Å². The third-order valence-electron chi connectivity index (χ3n) is 4.35. The summed E-state index contributed by atoms with van der Waals surface area (Å²) in [7, 11) is 0. The number of nitrogens with zero attached hydrogens (tertiary/aromatic N) is 1. The number of pyridine rings is 1. The number of aryl methyl sites for hydroxylation is 2. The number of hydrogen-bond acceptors (Lipinski definition) is 2. The van der Waals surface area contributed by atoms with Crippen LogP contribution in [0.3, 0.4) is 0 Å². The maximum atomic E-state index is 12.7. The Balaban J connectivity index is 1.76. The molecule has 0 amide bonds. The highest BCUT2D eigenvalue weighted by molar-refractivity contribution is 5.83. The molecule has 1 aliphatic rings. The molecule has 1 aromatic heterocycles. The lowest BCUT2D eigenvalue weighted by Crippen LogP contribution is -2.28. The molecule has 3 aromatic rings. The van der Waals surface area contributed by atoms with E-state index in [9.17, 15) is 4.79 Å². The van der Waals surface area contributed by atoms with Gasteiger partial charge in [0.1, 0.15) is 0 Å². The maximum absolute atomic E-state index is 12.7.